The van der Waals surface area contributed by atoms with Crippen molar-refractivity contribution in [1.29, 1.82) is 0 Å². The Balaban J connectivity index is 2.85. The van der Waals surface area contributed by atoms with Crippen molar-refractivity contribution >= 4 is 23.7 Å². The number of hydrogen-bond donors (Lipinski definition) is 6. The summed E-state index contributed by atoms with van der Waals surface area (Å²) in [5, 5.41) is 16.8. The molecule has 33 heavy (non-hydrogen) atoms. The highest BCUT2D eigenvalue weighted by molar-refractivity contribution is 5.94. The van der Waals surface area contributed by atoms with Crippen LogP contribution in [0.25, 0.3) is 0 Å². The minimum atomic E-state index is -1.19. The molecule has 0 aromatic heterocycles. The van der Waals surface area contributed by atoms with E-state index in [1.807, 2.05) is 30.3 Å². The molecule has 10 heteroatoms. The molecule has 0 bridgehead atoms. The van der Waals surface area contributed by atoms with Crippen LogP contribution in [0.4, 0.5) is 0 Å². The third-order valence-electron chi connectivity index (χ3n) is 5.19. The maximum atomic E-state index is 13.0. The number of carboxylic acids is 1. The summed E-state index contributed by atoms with van der Waals surface area (Å²) in [6.07, 6.45) is 1.81. The molecule has 1 aromatic rings. The second-order valence-electron chi connectivity index (χ2n) is 8.44. The molecule has 1 aromatic carbocycles. The van der Waals surface area contributed by atoms with E-state index in [-0.39, 0.29) is 12.3 Å². The molecule has 3 amide bonds. The van der Waals surface area contributed by atoms with Crippen LogP contribution in [0.3, 0.4) is 0 Å². The summed E-state index contributed by atoms with van der Waals surface area (Å²) in [5.74, 6) is -3.08. The number of carbonyl (C=O) groups excluding carboxylic acids is 3. The molecule has 0 aliphatic carbocycles. The Bertz CT molecular complexity index is 787. The number of carboxylic acid groups (broad SMARTS) is 1. The molecule has 0 heterocycles. The van der Waals surface area contributed by atoms with Crippen molar-refractivity contribution in [3.8, 4) is 0 Å². The molecule has 0 aliphatic heterocycles. The topological polar surface area (TPSA) is 177 Å². The maximum absolute atomic E-state index is 13.0. The highest BCUT2D eigenvalue weighted by Crippen LogP contribution is 2.08. The van der Waals surface area contributed by atoms with Crippen LogP contribution in [0.15, 0.2) is 30.3 Å². The molecule has 0 fully saturated rings. The van der Waals surface area contributed by atoms with Crippen molar-refractivity contribution in [3.05, 3.63) is 35.9 Å². The maximum Gasteiger partial charge on any atom is 0.325 e. The zero-order valence-corrected chi connectivity index (χ0v) is 19.5. The van der Waals surface area contributed by atoms with Gasteiger partial charge in [-0.3, -0.25) is 19.2 Å². The summed E-state index contributed by atoms with van der Waals surface area (Å²) in [6, 6.07) is 5.47. The zero-order chi connectivity index (χ0) is 25.0. The van der Waals surface area contributed by atoms with Gasteiger partial charge in [0.05, 0.1) is 6.04 Å². The molecule has 8 N–H and O–H groups in total. The highest BCUT2D eigenvalue weighted by atomic mass is 16.4. The van der Waals surface area contributed by atoms with Gasteiger partial charge < -0.3 is 32.5 Å². The van der Waals surface area contributed by atoms with Crippen LogP contribution < -0.4 is 27.4 Å². The van der Waals surface area contributed by atoms with Gasteiger partial charge in [-0.05, 0) is 50.6 Å². The lowest BCUT2D eigenvalue weighted by molar-refractivity contribution is -0.142. The number of carbonyl (C=O) groups is 4. The fourth-order valence-electron chi connectivity index (χ4n) is 3.15. The van der Waals surface area contributed by atoms with E-state index in [2.05, 4.69) is 16.0 Å². The standard InChI is InChI=1S/C23H37N5O5/c1-14(2)19(28-20(29)17(25)13-16-9-5-4-6-10-16)22(31)27-18(11-7-8-12-24)21(30)26-15(3)23(32)33/h4-6,9-10,14-15,17-19H,7-8,11-13,24-25H2,1-3H3,(H,26,30)(H,27,31)(H,28,29)(H,32,33). The van der Waals surface area contributed by atoms with Crippen molar-refractivity contribution in [2.24, 2.45) is 17.4 Å². The molecule has 10 nitrogen and oxygen atoms in total. The summed E-state index contributed by atoms with van der Waals surface area (Å²) in [5.41, 5.74) is 12.4. The van der Waals surface area contributed by atoms with Gasteiger partial charge in [0.2, 0.25) is 17.7 Å². The van der Waals surface area contributed by atoms with Crippen LogP contribution in [-0.4, -0.2) is 59.5 Å². The number of nitrogens with one attached hydrogen (secondary N) is 3. The first-order chi connectivity index (χ1) is 15.6. The van der Waals surface area contributed by atoms with Gasteiger partial charge in [0.15, 0.2) is 0 Å². The quantitative estimate of drug-likeness (QED) is 0.209. The summed E-state index contributed by atoms with van der Waals surface area (Å²) in [6.45, 7) is 5.30. The lowest BCUT2D eigenvalue weighted by atomic mass is 10.00. The molecule has 0 radical (unpaired) electrons. The Morgan fingerprint density at radius 1 is 0.909 bits per heavy atom. The summed E-state index contributed by atoms with van der Waals surface area (Å²) in [4.78, 5) is 49.3. The number of aliphatic carboxylic acids is 1. The van der Waals surface area contributed by atoms with E-state index in [0.717, 1.165) is 5.56 Å². The number of amides is 3. The van der Waals surface area contributed by atoms with Gasteiger partial charge >= 0.3 is 5.97 Å². The predicted molar refractivity (Wildman–Crippen MR) is 125 cm³/mol. The number of benzene rings is 1. The average molecular weight is 464 g/mol. The SMILES string of the molecule is CC(NC(=O)C(CCCCN)NC(=O)C(NC(=O)C(N)Cc1ccccc1)C(C)C)C(=O)O. The Labute approximate surface area is 194 Å². The predicted octanol–water partition coefficient (Wildman–Crippen LogP) is -0.0997. The lowest BCUT2D eigenvalue weighted by Gasteiger charge is -2.26. The van der Waals surface area contributed by atoms with Crippen LogP contribution in [-0.2, 0) is 25.6 Å². The Hall–Kier alpha value is -2.98. The van der Waals surface area contributed by atoms with Crippen LogP contribution in [0.1, 0.15) is 45.6 Å². The number of unbranched alkanes of at least 4 members (excludes halogenated alkanes) is 1. The van der Waals surface area contributed by atoms with E-state index < -0.39 is 47.9 Å². The fraction of sp³-hybridized carbons (Fsp3) is 0.565. The second-order valence-corrected chi connectivity index (χ2v) is 8.44. The minimum Gasteiger partial charge on any atom is -0.480 e. The van der Waals surface area contributed by atoms with E-state index in [4.69, 9.17) is 16.6 Å². The molecular weight excluding hydrogens is 426 g/mol. The average Bonchev–Trinajstić information content (AvgIpc) is 2.76. The third-order valence-corrected chi connectivity index (χ3v) is 5.19. The first kappa shape index (κ1) is 28.1. The van der Waals surface area contributed by atoms with Crippen molar-refractivity contribution < 1.29 is 24.3 Å². The van der Waals surface area contributed by atoms with E-state index in [1.165, 1.54) is 6.92 Å². The van der Waals surface area contributed by atoms with Crippen LogP contribution in [0.2, 0.25) is 0 Å². The number of hydrogen-bond acceptors (Lipinski definition) is 6. The first-order valence-corrected chi connectivity index (χ1v) is 11.2. The highest BCUT2D eigenvalue weighted by Gasteiger charge is 2.30. The van der Waals surface area contributed by atoms with Gasteiger partial charge in [-0.25, -0.2) is 0 Å². The Morgan fingerprint density at radius 3 is 2.09 bits per heavy atom. The van der Waals surface area contributed by atoms with Crippen LogP contribution in [0.5, 0.6) is 0 Å². The van der Waals surface area contributed by atoms with Crippen molar-refractivity contribution in [2.75, 3.05) is 6.54 Å². The van der Waals surface area contributed by atoms with Gasteiger partial charge in [-0.15, -0.1) is 0 Å². The summed E-state index contributed by atoms with van der Waals surface area (Å²) >= 11 is 0. The van der Waals surface area contributed by atoms with Crippen molar-refractivity contribution in [3.63, 3.8) is 0 Å². The van der Waals surface area contributed by atoms with Gasteiger partial charge in [-0.2, -0.15) is 0 Å². The number of nitrogens with two attached hydrogens (primary N) is 2. The molecule has 1 rings (SSSR count). The van der Waals surface area contributed by atoms with Gasteiger partial charge in [0.1, 0.15) is 18.1 Å². The molecular formula is C23H37N5O5. The van der Waals surface area contributed by atoms with Gasteiger partial charge in [0.25, 0.3) is 0 Å². The minimum absolute atomic E-state index is 0.274. The monoisotopic (exact) mass is 463 g/mol. The summed E-state index contributed by atoms with van der Waals surface area (Å²) < 4.78 is 0. The molecule has 0 aliphatic rings. The molecule has 0 saturated heterocycles. The lowest BCUT2D eigenvalue weighted by Crippen LogP contribution is -2.58. The molecule has 4 unspecified atom stereocenters. The normalized spacial score (nSPS) is 14.6. The van der Waals surface area contributed by atoms with E-state index in [9.17, 15) is 19.2 Å². The fourth-order valence-corrected chi connectivity index (χ4v) is 3.15. The largest absolute Gasteiger partial charge is 0.480 e. The first-order valence-electron chi connectivity index (χ1n) is 11.2. The molecule has 0 spiro atoms. The zero-order valence-electron chi connectivity index (χ0n) is 19.5. The smallest absolute Gasteiger partial charge is 0.325 e. The van der Waals surface area contributed by atoms with E-state index in [0.29, 0.717) is 25.8 Å². The third kappa shape index (κ3) is 10.0. The van der Waals surface area contributed by atoms with Gasteiger partial charge in [-0.1, -0.05) is 44.2 Å². The van der Waals surface area contributed by atoms with Crippen molar-refractivity contribution in [1.82, 2.24) is 16.0 Å². The summed E-state index contributed by atoms with van der Waals surface area (Å²) in [7, 11) is 0. The van der Waals surface area contributed by atoms with E-state index >= 15 is 0 Å². The van der Waals surface area contributed by atoms with Crippen molar-refractivity contribution in [2.45, 2.75) is 70.6 Å². The van der Waals surface area contributed by atoms with Crippen LogP contribution >= 0.6 is 0 Å². The van der Waals surface area contributed by atoms with Gasteiger partial charge in [0, 0.05) is 0 Å². The second kappa shape index (κ2) is 14.2. The molecule has 184 valence electrons. The molecule has 4 atom stereocenters. The van der Waals surface area contributed by atoms with E-state index in [1.54, 1.807) is 13.8 Å². The Kier molecular flexibility index (Phi) is 12.1. The number of rotatable bonds is 14. The molecule has 0 saturated carbocycles. The Morgan fingerprint density at radius 2 is 1.55 bits per heavy atom. The van der Waals surface area contributed by atoms with Crippen LogP contribution in [0, 0.1) is 5.92 Å².